The monoisotopic (exact) mass is 235 g/mol. The van der Waals surface area contributed by atoms with Gasteiger partial charge in [0.15, 0.2) is 0 Å². The van der Waals surface area contributed by atoms with Gasteiger partial charge in [0, 0.05) is 25.7 Å². The lowest BCUT2D eigenvalue weighted by molar-refractivity contribution is 0.0131. The number of aliphatic hydroxyl groups is 1. The van der Waals surface area contributed by atoms with Crippen LogP contribution in [0.1, 0.15) is 13.3 Å². The standard InChI is InChI=1S/C11H25NO4/c1-11(9-12,10-13)3-4-15-7-8-16-6-5-14-2/h13H,3-10,12H2,1-2H3. The minimum atomic E-state index is -0.225. The van der Waals surface area contributed by atoms with Crippen LogP contribution in [-0.2, 0) is 14.2 Å². The van der Waals surface area contributed by atoms with E-state index in [0.29, 0.717) is 39.6 Å². The molecule has 0 spiro atoms. The number of ether oxygens (including phenoxy) is 3. The zero-order chi connectivity index (χ0) is 12.3. The van der Waals surface area contributed by atoms with Crippen molar-refractivity contribution >= 4 is 0 Å². The zero-order valence-electron chi connectivity index (χ0n) is 10.4. The number of nitrogens with two attached hydrogens (primary N) is 1. The molecule has 3 N–H and O–H groups in total. The van der Waals surface area contributed by atoms with Crippen molar-refractivity contribution in [2.45, 2.75) is 13.3 Å². The Labute approximate surface area is 97.9 Å². The summed E-state index contributed by atoms with van der Waals surface area (Å²) in [6.45, 7) is 5.45. The van der Waals surface area contributed by atoms with Gasteiger partial charge in [-0.2, -0.15) is 0 Å². The first kappa shape index (κ1) is 15.8. The van der Waals surface area contributed by atoms with Gasteiger partial charge in [-0.15, -0.1) is 0 Å². The van der Waals surface area contributed by atoms with Crippen LogP contribution in [0.5, 0.6) is 0 Å². The molecule has 0 heterocycles. The molecule has 5 heteroatoms. The van der Waals surface area contributed by atoms with E-state index in [2.05, 4.69) is 0 Å². The molecule has 1 atom stereocenters. The maximum atomic E-state index is 9.11. The van der Waals surface area contributed by atoms with E-state index < -0.39 is 0 Å². The second kappa shape index (κ2) is 9.99. The number of hydrogen-bond acceptors (Lipinski definition) is 5. The highest BCUT2D eigenvalue weighted by atomic mass is 16.5. The highest BCUT2D eigenvalue weighted by Gasteiger charge is 2.20. The Balaban J connectivity index is 3.26. The lowest BCUT2D eigenvalue weighted by Crippen LogP contribution is -2.32. The van der Waals surface area contributed by atoms with E-state index in [0.717, 1.165) is 6.42 Å². The van der Waals surface area contributed by atoms with Crippen molar-refractivity contribution in [3.8, 4) is 0 Å². The Hall–Kier alpha value is -0.200. The van der Waals surface area contributed by atoms with Crippen LogP contribution in [-0.4, -0.2) is 58.4 Å². The molecule has 0 aromatic carbocycles. The van der Waals surface area contributed by atoms with E-state index in [1.165, 1.54) is 0 Å². The lowest BCUT2D eigenvalue weighted by Gasteiger charge is -2.24. The Bertz CT molecular complexity index is 151. The maximum Gasteiger partial charge on any atom is 0.0701 e. The summed E-state index contributed by atoms with van der Waals surface area (Å²) in [4.78, 5) is 0. The summed E-state index contributed by atoms with van der Waals surface area (Å²) in [6.07, 6.45) is 0.762. The summed E-state index contributed by atoms with van der Waals surface area (Å²) < 4.78 is 15.5. The number of aliphatic hydroxyl groups excluding tert-OH is 1. The molecule has 0 bridgehead atoms. The second-order valence-corrected chi connectivity index (χ2v) is 4.14. The molecule has 0 fully saturated rings. The molecule has 0 aliphatic carbocycles. The van der Waals surface area contributed by atoms with Gasteiger partial charge in [0.1, 0.15) is 0 Å². The molecular weight excluding hydrogens is 210 g/mol. The fourth-order valence-corrected chi connectivity index (χ4v) is 1.03. The average molecular weight is 235 g/mol. The van der Waals surface area contributed by atoms with Crippen molar-refractivity contribution in [3.63, 3.8) is 0 Å². The molecule has 0 radical (unpaired) electrons. The summed E-state index contributed by atoms with van der Waals surface area (Å²) >= 11 is 0. The Morgan fingerprint density at radius 3 is 2.12 bits per heavy atom. The quantitative estimate of drug-likeness (QED) is 0.494. The van der Waals surface area contributed by atoms with Gasteiger partial charge in [0.2, 0.25) is 0 Å². The molecule has 0 rings (SSSR count). The summed E-state index contributed by atoms with van der Waals surface area (Å²) in [5.74, 6) is 0. The van der Waals surface area contributed by atoms with Gasteiger partial charge in [0.25, 0.3) is 0 Å². The van der Waals surface area contributed by atoms with Gasteiger partial charge in [-0.1, -0.05) is 6.92 Å². The van der Waals surface area contributed by atoms with E-state index in [9.17, 15) is 0 Å². The molecule has 0 aromatic rings. The molecule has 0 aliphatic rings. The van der Waals surface area contributed by atoms with Crippen LogP contribution in [0.4, 0.5) is 0 Å². The van der Waals surface area contributed by atoms with Crippen LogP contribution in [0, 0.1) is 5.41 Å². The molecule has 0 amide bonds. The predicted octanol–water partition coefficient (Wildman–Crippen LogP) is 0.0134. The van der Waals surface area contributed by atoms with Crippen LogP contribution < -0.4 is 5.73 Å². The van der Waals surface area contributed by atoms with Crippen molar-refractivity contribution in [1.29, 1.82) is 0 Å². The normalized spacial score (nSPS) is 15.0. The second-order valence-electron chi connectivity index (χ2n) is 4.14. The molecule has 0 aliphatic heterocycles. The van der Waals surface area contributed by atoms with Crippen molar-refractivity contribution in [3.05, 3.63) is 0 Å². The van der Waals surface area contributed by atoms with Crippen LogP contribution in [0.2, 0.25) is 0 Å². The van der Waals surface area contributed by atoms with Crippen LogP contribution in [0.15, 0.2) is 0 Å². The number of rotatable bonds is 11. The zero-order valence-corrected chi connectivity index (χ0v) is 10.4. The first-order valence-corrected chi connectivity index (χ1v) is 5.64. The molecule has 5 nitrogen and oxygen atoms in total. The molecule has 0 saturated heterocycles. The topological polar surface area (TPSA) is 73.9 Å². The SMILES string of the molecule is COCCOCCOCCC(C)(CN)CO. The fourth-order valence-electron chi connectivity index (χ4n) is 1.03. The van der Waals surface area contributed by atoms with Gasteiger partial charge in [-0.25, -0.2) is 0 Å². The third-order valence-electron chi connectivity index (χ3n) is 2.53. The van der Waals surface area contributed by atoms with Crippen LogP contribution >= 0.6 is 0 Å². The highest BCUT2D eigenvalue weighted by molar-refractivity contribution is 4.73. The number of hydrogen-bond donors (Lipinski definition) is 2. The summed E-state index contributed by atoms with van der Waals surface area (Å²) in [5.41, 5.74) is 5.33. The van der Waals surface area contributed by atoms with E-state index in [1.54, 1.807) is 7.11 Å². The minimum Gasteiger partial charge on any atom is -0.396 e. The van der Waals surface area contributed by atoms with Crippen molar-refractivity contribution in [1.82, 2.24) is 0 Å². The molecule has 1 unspecified atom stereocenters. The van der Waals surface area contributed by atoms with Crippen molar-refractivity contribution < 1.29 is 19.3 Å². The van der Waals surface area contributed by atoms with Crippen molar-refractivity contribution in [2.24, 2.45) is 11.1 Å². The van der Waals surface area contributed by atoms with E-state index in [1.807, 2.05) is 6.92 Å². The Morgan fingerprint density at radius 2 is 1.62 bits per heavy atom. The molecule has 0 aromatic heterocycles. The van der Waals surface area contributed by atoms with Crippen LogP contribution in [0.25, 0.3) is 0 Å². The van der Waals surface area contributed by atoms with Gasteiger partial charge in [0.05, 0.1) is 26.4 Å². The predicted molar refractivity (Wildman–Crippen MR) is 62.4 cm³/mol. The van der Waals surface area contributed by atoms with E-state index in [-0.39, 0.29) is 12.0 Å². The summed E-state index contributed by atoms with van der Waals surface area (Å²) in [6, 6.07) is 0. The first-order valence-electron chi connectivity index (χ1n) is 5.64. The van der Waals surface area contributed by atoms with Crippen molar-refractivity contribution in [2.75, 3.05) is 53.3 Å². The largest absolute Gasteiger partial charge is 0.396 e. The van der Waals surface area contributed by atoms with Gasteiger partial charge in [-0.3, -0.25) is 0 Å². The summed E-state index contributed by atoms with van der Waals surface area (Å²) in [5, 5.41) is 9.11. The number of methoxy groups -OCH3 is 1. The van der Waals surface area contributed by atoms with Crippen LogP contribution in [0.3, 0.4) is 0 Å². The lowest BCUT2D eigenvalue weighted by atomic mass is 9.88. The van der Waals surface area contributed by atoms with Gasteiger partial charge >= 0.3 is 0 Å². The third kappa shape index (κ3) is 8.01. The maximum absolute atomic E-state index is 9.11. The third-order valence-corrected chi connectivity index (χ3v) is 2.53. The smallest absolute Gasteiger partial charge is 0.0701 e. The van der Waals surface area contributed by atoms with Gasteiger partial charge < -0.3 is 25.1 Å². The molecule has 0 saturated carbocycles. The molecular formula is C11H25NO4. The fraction of sp³-hybridized carbons (Fsp3) is 1.00. The first-order chi connectivity index (χ1) is 7.68. The molecule has 16 heavy (non-hydrogen) atoms. The Morgan fingerprint density at radius 1 is 1.06 bits per heavy atom. The van der Waals surface area contributed by atoms with E-state index in [4.69, 9.17) is 25.1 Å². The minimum absolute atomic E-state index is 0.0944. The molecule has 98 valence electrons. The highest BCUT2D eigenvalue weighted by Crippen LogP contribution is 2.17. The van der Waals surface area contributed by atoms with E-state index >= 15 is 0 Å². The Kier molecular flexibility index (Phi) is 9.86. The van der Waals surface area contributed by atoms with Gasteiger partial charge in [-0.05, 0) is 13.0 Å². The summed E-state index contributed by atoms with van der Waals surface area (Å²) in [7, 11) is 1.64. The average Bonchev–Trinajstić information content (AvgIpc) is 2.32.